The van der Waals surface area contributed by atoms with Gasteiger partial charge in [0.2, 0.25) is 0 Å². The number of thioether (sulfide) groups is 1. The summed E-state index contributed by atoms with van der Waals surface area (Å²) >= 11 is 1.95. The largest absolute Gasteiger partial charge is 0.338 e. The molecular weight excluding hydrogens is 280 g/mol. The van der Waals surface area contributed by atoms with Crippen LogP contribution in [0.3, 0.4) is 0 Å². The van der Waals surface area contributed by atoms with Gasteiger partial charge in [-0.1, -0.05) is 30.3 Å². The van der Waals surface area contributed by atoms with E-state index in [0.717, 1.165) is 30.8 Å². The Balaban J connectivity index is 1.67. The average molecular weight is 298 g/mol. The van der Waals surface area contributed by atoms with Gasteiger partial charge in [-0.2, -0.15) is 11.8 Å². The van der Waals surface area contributed by atoms with Gasteiger partial charge >= 0.3 is 0 Å². The summed E-state index contributed by atoms with van der Waals surface area (Å²) in [7, 11) is 0. The fraction of sp³-hybridized carbons (Fsp3) is 0.294. The monoisotopic (exact) mass is 298 g/mol. The Bertz CT molecular complexity index is 588. The first-order valence-corrected chi connectivity index (χ1v) is 8.25. The predicted octanol–water partition coefficient (Wildman–Crippen LogP) is 3.40. The molecule has 0 radical (unpaired) electrons. The number of amides is 1. The maximum Gasteiger partial charge on any atom is 0.253 e. The lowest BCUT2D eigenvalue weighted by Gasteiger charge is -2.20. The first-order chi connectivity index (χ1) is 10.3. The van der Waals surface area contributed by atoms with Crippen molar-refractivity contribution in [2.45, 2.75) is 11.7 Å². The molecule has 1 aromatic heterocycles. The summed E-state index contributed by atoms with van der Waals surface area (Å²) in [6.07, 6.45) is 4.35. The molecule has 2 aromatic rings. The van der Waals surface area contributed by atoms with E-state index in [0.29, 0.717) is 5.25 Å². The minimum absolute atomic E-state index is 0.117. The van der Waals surface area contributed by atoms with Gasteiger partial charge in [-0.05, 0) is 24.1 Å². The van der Waals surface area contributed by atoms with Crippen molar-refractivity contribution < 1.29 is 4.79 Å². The van der Waals surface area contributed by atoms with E-state index in [1.54, 1.807) is 24.5 Å². The van der Waals surface area contributed by atoms with E-state index in [1.807, 2.05) is 22.7 Å². The van der Waals surface area contributed by atoms with E-state index in [2.05, 4.69) is 29.2 Å². The van der Waals surface area contributed by atoms with Crippen molar-refractivity contribution in [3.05, 3.63) is 66.0 Å². The fourth-order valence-corrected chi connectivity index (χ4v) is 3.82. The molecule has 0 spiro atoms. The van der Waals surface area contributed by atoms with Crippen molar-refractivity contribution >= 4 is 17.7 Å². The van der Waals surface area contributed by atoms with Gasteiger partial charge in [-0.25, -0.2) is 0 Å². The molecule has 2 heterocycles. The third-order valence-electron chi connectivity index (χ3n) is 3.73. The molecule has 4 heteroatoms. The Morgan fingerprint density at radius 1 is 1.10 bits per heavy atom. The number of pyridine rings is 1. The van der Waals surface area contributed by atoms with Crippen LogP contribution in [0.15, 0.2) is 54.9 Å². The van der Waals surface area contributed by atoms with E-state index in [1.165, 1.54) is 5.56 Å². The normalized spacial score (nSPS) is 19.0. The van der Waals surface area contributed by atoms with Crippen molar-refractivity contribution in [3.8, 4) is 0 Å². The highest BCUT2D eigenvalue weighted by Gasteiger charge is 2.22. The minimum Gasteiger partial charge on any atom is -0.338 e. The molecule has 1 fully saturated rings. The Morgan fingerprint density at radius 3 is 2.62 bits per heavy atom. The van der Waals surface area contributed by atoms with Crippen LogP contribution >= 0.6 is 11.8 Å². The molecule has 108 valence electrons. The zero-order valence-electron chi connectivity index (χ0n) is 11.8. The Hall–Kier alpha value is -1.81. The quantitative estimate of drug-likeness (QED) is 0.852. The Morgan fingerprint density at radius 2 is 1.86 bits per heavy atom. The van der Waals surface area contributed by atoms with Crippen molar-refractivity contribution in [2.24, 2.45) is 0 Å². The number of hydrogen-bond acceptors (Lipinski definition) is 3. The van der Waals surface area contributed by atoms with Crippen LogP contribution in [-0.2, 0) is 0 Å². The van der Waals surface area contributed by atoms with Crippen LogP contribution in [0.2, 0.25) is 0 Å². The molecule has 21 heavy (non-hydrogen) atoms. The van der Waals surface area contributed by atoms with E-state index in [4.69, 9.17) is 0 Å². The SMILES string of the molecule is O=C(c1ccncc1)N1CCS[C@H](c2ccccc2)CC1. The van der Waals surface area contributed by atoms with Crippen LogP contribution < -0.4 is 0 Å². The number of benzene rings is 1. The third kappa shape index (κ3) is 3.45. The molecule has 0 N–H and O–H groups in total. The van der Waals surface area contributed by atoms with Crippen LogP contribution in [0.5, 0.6) is 0 Å². The van der Waals surface area contributed by atoms with E-state index < -0.39 is 0 Å². The van der Waals surface area contributed by atoms with Gasteiger partial charge in [0.05, 0.1) is 0 Å². The van der Waals surface area contributed by atoms with Gasteiger partial charge in [0.15, 0.2) is 0 Å². The molecule has 0 saturated carbocycles. The summed E-state index contributed by atoms with van der Waals surface area (Å²) in [5.41, 5.74) is 2.09. The second-order valence-corrected chi connectivity index (χ2v) is 6.40. The lowest BCUT2D eigenvalue weighted by atomic mass is 10.1. The zero-order valence-corrected chi connectivity index (χ0v) is 12.6. The van der Waals surface area contributed by atoms with E-state index in [9.17, 15) is 4.79 Å². The molecule has 1 atom stereocenters. The van der Waals surface area contributed by atoms with Crippen LogP contribution in [0.25, 0.3) is 0 Å². The maximum absolute atomic E-state index is 12.5. The summed E-state index contributed by atoms with van der Waals surface area (Å²) in [6.45, 7) is 1.63. The second-order valence-electron chi connectivity index (χ2n) is 5.09. The molecule has 3 nitrogen and oxygen atoms in total. The van der Waals surface area contributed by atoms with Crippen LogP contribution in [-0.4, -0.2) is 34.6 Å². The van der Waals surface area contributed by atoms with E-state index in [-0.39, 0.29) is 5.91 Å². The number of rotatable bonds is 2. The summed E-state index contributed by atoms with van der Waals surface area (Å²) in [5, 5.41) is 0.487. The van der Waals surface area contributed by atoms with Gasteiger partial charge in [0.25, 0.3) is 5.91 Å². The van der Waals surface area contributed by atoms with Crippen molar-refractivity contribution in [1.29, 1.82) is 0 Å². The molecule has 3 rings (SSSR count). The average Bonchev–Trinajstić information content (AvgIpc) is 2.82. The molecule has 1 amide bonds. The molecule has 0 unspecified atom stereocenters. The lowest BCUT2D eigenvalue weighted by molar-refractivity contribution is 0.0766. The number of hydrogen-bond donors (Lipinski definition) is 0. The number of nitrogens with zero attached hydrogens (tertiary/aromatic N) is 2. The van der Waals surface area contributed by atoms with Gasteiger partial charge in [-0.3, -0.25) is 9.78 Å². The molecule has 0 aliphatic carbocycles. The maximum atomic E-state index is 12.5. The summed E-state index contributed by atoms with van der Waals surface area (Å²) in [6, 6.07) is 14.1. The molecule has 0 bridgehead atoms. The molecule has 1 aliphatic rings. The molecular formula is C17H18N2OS. The number of carbonyl (C=O) groups is 1. The predicted molar refractivity (Wildman–Crippen MR) is 86.4 cm³/mol. The highest BCUT2D eigenvalue weighted by Crippen LogP contribution is 2.34. The molecule has 1 saturated heterocycles. The van der Waals surface area contributed by atoms with Crippen LogP contribution in [0.4, 0.5) is 0 Å². The van der Waals surface area contributed by atoms with Crippen LogP contribution in [0.1, 0.15) is 27.6 Å². The number of carbonyl (C=O) groups excluding carboxylic acids is 1. The summed E-state index contributed by atoms with van der Waals surface area (Å²) in [5.74, 6) is 1.10. The Labute approximate surface area is 129 Å². The highest BCUT2D eigenvalue weighted by molar-refractivity contribution is 7.99. The second kappa shape index (κ2) is 6.76. The summed E-state index contributed by atoms with van der Waals surface area (Å²) in [4.78, 5) is 18.4. The van der Waals surface area contributed by atoms with Crippen molar-refractivity contribution in [2.75, 3.05) is 18.8 Å². The highest BCUT2D eigenvalue weighted by atomic mass is 32.2. The topological polar surface area (TPSA) is 33.2 Å². The van der Waals surface area contributed by atoms with Crippen molar-refractivity contribution in [3.63, 3.8) is 0 Å². The van der Waals surface area contributed by atoms with E-state index >= 15 is 0 Å². The minimum atomic E-state index is 0.117. The first-order valence-electron chi connectivity index (χ1n) is 7.20. The Kier molecular flexibility index (Phi) is 4.55. The number of aromatic nitrogens is 1. The standard InChI is InChI=1S/C17H18N2OS/c20-17(15-6-9-18-10-7-15)19-11-8-16(21-13-12-19)14-4-2-1-3-5-14/h1-7,9-10,16H,8,11-13H2/t16-/m0/s1. The zero-order chi connectivity index (χ0) is 14.5. The van der Waals surface area contributed by atoms with Gasteiger partial charge < -0.3 is 4.90 Å². The van der Waals surface area contributed by atoms with Crippen molar-refractivity contribution in [1.82, 2.24) is 9.88 Å². The van der Waals surface area contributed by atoms with Gasteiger partial charge in [0, 0.05) is 42.0 Å². The lowest BCUT2D eigenvalue weighted by Crippen LogP contribution is -2.32. The van der Waals surface area contributed by atoms with Gasteiger partial charge in [-0.15, -0.1) is 0 Å². The molecule has 1 aliphatic heterocycles. The third-order valence-corrected chi connectivity index (χ3v) is 5.06. The fourth-order valence-electron chi connectivity index (χ4n) is 2.58. The summed E-state index contributed by atoms with van der Waals surface area (Å²) < 4.78 is 0. The van der Waals surface area contributed by atoms with Crippen LogP contribution in [0, 0.1) is 0 Å². The first kappa shape index (κ1) is 14.1. The molecule has 1 aromatic carbocycles. The van der Waals surface area contributed by atoms with Gasteiger partial charge in [0.1, 0.15) is 0 Å². The smallest absolute Gasteiger partial charge is 0.253 e.